The molecular formula is C27H27N5O2S2. The number of benzene rings is 2. The quantitative estimate of drug-likeness (QED) is 0.364. The number of piperidine rings is 1. The molecule has 1 aromatic heterocycles. The Kier molecular flexibility index (Phi) is 7.60. The molecule has 0 atom stereocenters. The van der Waals surface area contributed by atoms with Crippen molar-refractivity contribution in [3.8, 4) is 16.9 Å². The molecule has 5 rings (SSSR count). The van der Waals surface area contributed by atoms with Crippen LogP contribution in [0.5, 0.6) is 0 Å². The second-order valence-corrected chi connectivity index (χ2v) is 10.5. The first kappa shape index (κ1) is 24.4. The largest absolute Gasteiger partial charge is 0.303 e. The number of rotatable bonds is 7. The van der Waals surface area contributed by atoms with E-state index in [1.54, 1.807) is 10.8 Å². The molecular weight excluding hydrogens is 490 g/mol. The lowest BCUT2D eigenvalue weighted by molar-refractivity contribution is -0.133. The van der Waals surface area contributed by atoms with Gasteiger partial charge in [0, 0.05) is 30.3 Å². The summed E-state index contributed by atoms with van der Waals surface area (Å²) in [6.07, 6.45) is 7.63. The number of hydrogen-bond donors (Lipinski definition) is 1. The van der Waals surface area contributed by atoms with Crippen LogP contribution in [0, 0.1) is 0 Å². The maximum absolute atomic E-state index is 13.2. The van der Waals surface area contributed by atoms with Crippen LogP contribution >= 0.6 is 24.0 Å². The van der Waals surface area contributed by atoms with Crippen LogP contribution in [0.25, 0.3) is 23.0 Å². The average molecular weight is 518 g/mol. The van der Waals surface area contributed by atoms with Gasteiger partial charge in [0.05, 0.1) is 16.3 Å². The number of amides is 2. The van der Waals surface area contributed by atoms with Crippen LogP contribution in [0.15, 0.2) is 71.8 Å². The fourth-order valence-corrected chi connectivity index (χ4v) is 5.53. The summed E-state index contributed by atoms with van der Waals surface area (Å²) in [5, 5.41) is 5.99. The molecule has 36 heavy (non-hydrogen) atoms. The van der Waals surface area contributed by atoms with Gasteiger partial charge in [-0.2, -0.15) is 10.1 Å². The molecule has 0 radical (unpaired) electrons. The molecule has 2 aromatic carbocycles. The molecule has 2 saturated heterocycles. The summed E-state index contributed by atoms with van der Waals surface area (Å²) >= 11 is 6.61. The van der Waals surface area contributed by atoms with Crippen molar-refractivity contribution in [2.24, 2.45) is 0 Å². The second-order valence-electron chi connectivity index (χ2n) is 8.78. The molecule has 2 aliphatic heterocycles. The lowest BCUT2D eigenvalue weighted by Crippen LogP contribution is -2.46. The first-order chi connectivity index (χ1) is 17.6. The molecule has 184 valence electrons. The van der Waals surface area contributed by atoms with Crippen LogP contribution in [-0.2, 0) is 9.59 Å². The highest BCUT2D eigenvalue weighted by Gasteiger charge is 2.34. The van der Waals surface area contributed by atoms with Crippen molar-refractivity contribution >= 4 is 46.2 Å². The number of thiocarbonyl (C=S) groups is 1. The Labute approximate surface area is 220 Å². The molecule has 2 fully saturated rings. The summed E-state index contributed by atoms with van der Waals surface area (Å²) in [6.45, 7) is 2.74. The highest BCUT2D eigenvalue weighted by molar-refractivity contribution is 8.26. The van der Waals surface area contributed by atoms with Crippen LogP contribution in [-0.4, -0.2) is 55.5 Å². The molecule has 1 N–H and O–H groups in total. The third-order valence-electron chi connectivity index (χ3n) is 6.23. The van der Waals surface area contributed by atoms with Crippen molar-refractivity contribution in [2.45, 2.75) is 25.7 Å². The van der Waals surface area contributed by atoms with E-state index in [2.05, 4.69) is 10.3 Å². The van der Waals surface area contributed by atoms with E-state index < -0.39 is 0 Å². The zero-order valence-corrected chi connectivity index (χ0v) is 21.4. The van der Waals surface area contributed by atoms with Gasteiger partial charge >= 0.3 is 0 Å². The lowest BCUT2D eigenvalue weighted by Gasteiger charge is -2.26. The summed E-state index contributed by atoms with van der Waals surface area (Å²) in [7, 11) is 0. The molecule has 0 saturated carbocycles. The van der Waals surface area contributed by atoms with Gasteiger partial charge in [0.25, 0.3) is 5.91 Å². The highest BCUT2D eigenvalue weighted by atomic mass is 32.2. The highest BCUT2D eigenvalue weighted by Crippen LogP contribution is 2.34. The topological polar surface area (TPSA) is 70.5 Å². The normalized spacial score (nSPS) is 17.7. The van der Waals surface area contributed by atoms with E-state index in [1.807, 2.05) is 66.9 Å². The van der Waals surface area contributed by atoms with Gasteiger partial charge in [0.1, 0.15) is 0 Å². The molecule has 7 nitrogen and oxygen atoms in total. The number of aromatic nitrogens is 2. The Morgan fingerprint density at radius 2 is 1.72 bits per heavy atom. The maximum atomic E-state index is 13.2. The van der Waals surface area contributed by atoms with Gasteiger partial charge in [0.2, 0.25) is 5.91 Å². The average Bonchev–Trinajstić information content (AvgIpc) is 3.45. The number of carbonyl (C=O) groups is 2. The maximum Gasteiger partial charge on any atom is 0.285 e. The van der Waals surface area contributed by atoms with Crippen molar-refractivity contribution in [3.05, 3.63) is 77.3 Å². The summed E-state index contributed by atoms with van der Waals surface area (Å²) in [5.41, 5.74) is 6.12. The van der Waals surface area contributed by atoms with Crippen LogP contribution in [0.1, 0.15) is 31.2 Å². The monoisotopic (exact) mass is 517 g/mol. The molecule has 0 aliphatic carbocycles. The number of likely N-dealkylation sites (tertiary alicyclic amines) is 1. The smallest absolute Gasteiger partial charge is 0.285 e. The Bertz CT molecular complexity index is 1280. The zero-order valence-electron chi connectivity index (χ0n) is 19.8. The van der Waals surface area contributed by atoms with E-state index in [0.29, 0.717) is 22.2 Å². The van der Waals surface area contributed by atoms with Crippen molar-refractivity contribution in [1.82, 2.24) is 25.1 Å². The first-order valence-electron chi connectivity index (χ1n) is 12.1. The Morgan fingerprint density at radius 1 is 1.03 bits per heavy atom. The van der Waals surface area contributed by atoms with Crippen molar-refractivity contribution in [3.63, 3.8) is 0 Å². The minimum atomic E-state index is -0.331. The molecule has 0 spiro atoms. The Balaban J connectivity index is 1.35. The van der Waals surface area contributed by atoms with Crippen LogP contribution in [0.4, 0.5) is 0 Å². The molecule has 2 aliphatic rings. The fourth-order valence-electron chi connectivity index (χ4n) is 4.35. The molecule has 0 bridgehead atoms. The van der Waals surface area contributed by atoms with Gasteiger partial charge in [0.15, 0.2) is 4.32 Å². The minimum absolute atomic E-state index is 0.208. The summed E-state index contributed by atoms with van der Waals surface area (Å²) < 4.78 is 2.12. The summed E-state index contributed by atoms with van der Waals surface area (Å²) in [5.74, 6) is -0.539. The predicted molar refractivity (Wildman–Crippen MR) is 147 cm³/mol. The standard InChI is InChI=1S/C27H27N5O2S2/c33-24(14-17-30-15-8-3-9-16-30)28-32-26(34)23(36-27(32)35)18-21-19-31(22-12-6-2-7-13-22)29-25(21)20-10-4-1-5-11-20/h1-2,4-7,10-13,18-19H,3,8-9,14-17H2,(H,28,33)/b23-18-. The lowest BCUT2D eigenvalue weighted by atomic mass is 10.1. The molecule has 3 aromatic rings. The Morgan fingerprint density at radius 3 is 2.44 bits per heavy atom. The van der Waals surface area contributed by atoms with Gasteiger partial charge in [-0.15, -0.1) is 0 Å². The summed E-state index contributed by atoms with van der Waals surface area (Å²) in [4.78, 5) is 28.5. The first-order valence-corrected chi connectivity index (χ1v) is 13.3. The van der Waals surface area contributed by atoms with Gasteiger partial charge in [-0.05, 0) is 56.4 Å². The zero-order chi connectivity index (χ0) is 24.9. The van der Waals surface area contributed by atoms with Crippen LogP contribution < -0.4 is 5.43 Å². The van der Waals surface area contributed by atoms with Gasteiger partial charge in [-0.3, -0.25) is 15.0 Å². The van der Waals surface area contributed by atoms with Gasteiger partial charge in [-0.25, -0.2) is 4.68 Å². The third kappa shape index (κ3) is 5.59. The van der Waals surface area contributed by atoms with Crippen molar-refractivity contribution < 1.29 is 9.59 Å². The minimum Gasteiger partial charge on any atom is -0.303 e. The molecule has 0 unspecified atom stereocenters. The third-order valence-corrected chi connectivity index (χ3v) is 7.53. The number of thioether (sulfide) groups is 1. The molecule has 9 heteroatoms. The number of hydrogen-bond acceptors (Lipinski definition) is 6. The molecule has 3 heterocycles. The van der Waals surface area contributed by atoms with E-state index in [1.165, 1.54) is 36.0 Å². The van der Waals surface area contributed by atoms with E-state index in [-0.39, 0.29) is 11.8 Å². The number of carbonyl (C=O) groups excluding carboxylic acids is 2. The van der Waals surface area contributed by atoms with Crippen LogP contribution in [0.3, 0.4) is 0 Å². The van der Waals surface area contributed by atoms with E-state index in [0.717, 1.165) is 35.6 Å². The van der Waals surface area contributed by atoms with Crippen molar-refractivity contribution in [2.75, 3.05) is 19.6 Å². The van der Waals surface area contributed by atoms with Gasteiger partial charge < -0.3 is 4.90 Å². The summed E-state index contributed by atoms with van der Waals surface area (Å²) in [6, 6.07) is 19.7. The Hall–Kier alpha value is -3.27. The van der Waals surface area contributed by atoms with E-state index in [9.17, 15) is 9.59 Å². The predicted octanol–water partition coefficient (Wildman–Crippen LogP) is 4.65. The number of hydrazine groups is 1. The van der Waals surface area contributed by atoms with Gasteiger partial charge in [-0.1, -0.05) is 66.7 Å². The molecule has 2 amide bonds. The fraction of sp³-hybridized carbons (Fsp3) is 0.259. The van der Waals surface area contributed by atoms with E-state index in [4.69, 9.17) is 17.3 Å². The second kappa shape index (κ2) is 11.2. The van der Waals surface area contributed by atoms with Crippen molar-refractivity contribution in [1.29, 1.82) is 0 Å². The van der Waals surface area contributed by atoms with Crippen LogP contribution in [0.2, 0.25) is 0 Å². The number of nitrogens with zero attached hydrogens (tertiary/aromatic N) is 4. The SMILES string of the molecule is O=C(CCN1CCCCC1)NN1C(=O)/C(=C/c2cn(-c3ccccc3)nc2-c2ccccc2)SC1=S. The van der Waals surface area contributed by atoms with E-state index >= 15 is 0 Å². The number of nitrogens with one attached hydrogen (secondary N) is 1. The number of para-hydroxylation sites is 1.